The van der Waals surface area contributed by atoms with Crippen LogP contribution in [0.5, 0.6) is 0 Å². The zero-order chi connectivity index (χ0) is 14.6. The molecule has 19 heavy (non-hydrogen) atoms. The third-order valence-corrected chi connectivity index (χ3v) is 3.68. The first-order valence-electron chi connectivity index (χ1n) is 6.04. The van der Waals surface area contributed by atoms with E-state index in [0.717, 1.165) is 0 Å². The average molecular weight is 308 g/mol. The first-order chi connectivity index (χ1) is 8.75. The zero-order valence-electron chi connectivity index (χ0n) is 11.2. The molecule has 0 aromatic carbocycles. The van der Waals surface area contributed by atoms with E-state index in [1.165, 1.54) is 6.20 Å². The Balaban J connectivity index is 2.93. The van der Waals surface area contributed by atoms with Crippen LogP contribution in [-0.2, 0) is 20.4 Å². The van der Waals surface area contributed by atoms with Crippen LogP contribution in [0.2, 0.25) is 0 Å². The molecule has 1 amide bonds. The van der Waals surface area contributed by atoms with Crippen molar-refractivity contribution < 1.29 is 13.2 Å². The van der Waals surface area contributed by atoms with Crippen LogP contribution >= 0.6 is 10.7 Å². The molecule has 6 nitrogen and oxygen atoms in total. The number of hydrogen-bond acceptors (Lipinski definition) is 4. The number of nitrogens with zero attached hydrogens (tertiary/aromatic N) is 2. The third kappa shape index (κ3) is 4.50. The summed E-state index contributed by atoms with van der Waals surface area (Å²) in [4.78, 5) is 15.4. The van der Waals surface area contributed by atoms with Gasteiger partial charge >= 0.3 is 0 Å². The second kappa shape index (κ2) is 6.38. The molecule has 0 radical (unpaired) electrons. The summed E-state index contributed by atoms with van der Waals surface area (Å²) < 4.78 is 24.2. The van der Waals surface area contributed by atoms with Crippen molar-refractivity contribution in [1.82, 2.24) is 14.9 Å². The molecule has 1 rings (SSSR count). The van der Waals surface area contributed by atoms with E-state index in [4.69, 9.17) is 10.7 Å². The van der Waals surface area contributed by atoms with Gasteiger partial charge in [-0.25, -0.2) is 13.4 Å². The van der Waals surface area contributed by atoms with Crippen molar-refractivity contribution in [2.24, 2.45) is 0 Å². The van der Waals surface area contributed by atoms with E-state index in [-0.39, 0.29) is 23.3 Å². The highest BCUT2D eigenvalue weighted by Gasteiger charge is 2.19. The molecule has 1 aromatic rings. The molecule has 0 spiro atoms. The average Bonchev–Trinajstić information content (AvgIpc) is 2.70. The third-order valence-electron chi connectivity index (χ3n) is 2.51. The van der Waals surface area contributed by atoms with Crippen LogP contribution in [0.25, 0.3) is 0 Å². The Hall–Kier alpha value is -1.08. The summed E-state index contributed by atoms with van der Waals surface area (Å²) in [5.74, 6) is 0.561. The molecule has 0 aliphatic heterocycles. The summed E-state index contributed by atoms with van der Waals surface area (Å²) in [6.45, 7) is 6.58. The second-order valence-electron chi connectivity index (χ2n) is 4.43. The molecule has 0 unspecified atom stereocenters. The fourth-order valence-electron chi connectivity index (χ4n) is 1.67. The monoisotopic (exact) mass is 307 g/mol. The molecule has 0 fully saturated rings. The number of hydrogen-bond donors (Lipinski definition) is 1. The van der Waals surface area contributed by atoms with Crippen LogP contribution in [0.3, 0.4) is 0 Å². The molecule has 8 heteroatoms. The van der Waals surface area contributed by atoms with Crippen LogP contribution in [-0.4, -0.2) is 30.4 Å². The summed E-state index contributed by atoms with van der Waals surface area (Å²) in [6, 6.07) is 0. The van der Waals surface area contributed by atoms with Crippen LogP contribution in [0.15, 0.2) is 11.2 Å². The highest BCUT2D eigenvalue weighted by molar-refractivity contribution is 8.13. The number of imidazole rings is 1. The van der Waals surface area contributed by atoms with Gasteiger partial charge in [-0.05, 0) is 6.92 Å². The van der Waals surface area contributed by atoms with Gasteiger partial charge in [0.05, 0.1) is 0 Å². The molecule has 0 atom stereocenters. The van der Waals surface area contributed by atoms with Crippen molar-refractivity contribution in [2.45, 2.75) is 44.7 Å². The van der Waals surface area contributed by atoms with Gasteiger partial charge in [0.25, 0.3) is 9.05 Å². The Bertz CT molecular complexity index is 552. The van der Waals surface area contributed by atoms with Crippen molar-refractivity contribution in [1.29, 1.82) is 0 Å². The lowest BCUT2D eigenvalue weighted by Crippen LogP contribution is -2.24. The summed E-state index contributed by atoms with van der Waals surface area (Å²) in [5, 5.41) is 2.51. The van der Waals surface area contributed by atoms with E-state index < -0.39 is 9.05 Å². The Morgan fingerprint density at radius 2 is 2.16 bits per heavy atom. The molecule has 1 aromatic heterocycles. The largest absolute Gasteiger partial charge is 0.356 e. The fourth-order valence-corrected chi connectivity index (χ4v) is 2.35. The Morgan fingerprint density at radius 3 is 2.63 bits per heavy atom. The van der Waals surface area contributed by atoms with E-state index >= 15 is 0 Å². The number of aromatic nitrogens is 2. The Morgan fingerprint density at radius 1 is 1.53 bits per heavy atom. The van der Waals surface area contributed by atoms with Crippen molar-refractivity contribution in [3.05, 3.63) is 12.0 Å². The first-order valence-corrected chi connectivity index (χ1v) is 8.35. The number of amides is 1. The zero-order valence-corrected chi connectivity index (χ0v) is 12.8. The van der Waals surface area contributed by atoms with Gasteiger partial charge in [-0.2, -0.15) is 0 Å². The van der Waals surface area contributed by atoms with Crippen LogP contribution in [0, 0.1) is 0 Å². The van der Waals surface area contributed by atoms with Crippen molar-refractivity contribution in [3.8, 4) is 0 Å². The van der Waals surface area contributed by atoms with Gasteiger partial charge in [0.15, 0.2) is 5.03 Å². The van der Waals surface area contributed by atoms with Gasteiger partial charge in [0.1, 0.15) is 5.82 Å². The summed E-state index contributed by atoms with van der Waals surface area (Å²) in [5.41, 5.74) is 0. The highest BCUT2D eigenvalue weighted by atomic mass is 35.7. The van der Waals surface area contributed by atoms with Gasteiger partial charge in [-0.1, -0.05) is 13.8 Å². The summed E-state index contributed by atoms with van der Waals surface area (Å²) in [7, 11) is 1.43. The first kappa shape index (κ1) is 16.0. The van der Waals surface area contributed by atoms with Gasteiger partial charge < -0.3 is 9.88 Å². The maximum Gasteiger partial charge on any atom is 0.280 e. The van der Waals surface area contributed by atoms with E-state index in [1.807, 2.05) is 20.8 Å². The molecule has 1 N–H and O–H groups in total. The summed E-state index contributed by atoms with van der Waals surface area (Å²) >= 11 is 0. The lowest BCUT2D eigenvalue weighted by molar-refractivity contribution is -0.121. The van der Waals surface area contributed by atoms with Crippen molar-refractivity contribution in [3.63, 3.8) is 0 Å². The molecule has 0 bridgehead atoms. The molecule has 0 aliphatic rings. The van der Waals surface area contributed by atoms with Gasteiger partial charge in [-0.3, -0.25) is 4.79 Å². The Kier molecular flexibility index (Phi) is 5.37. The van der Waals surface area contributed by atoms with Gasteiger partial charge in [0, 0.05) is 42.3 Å². The minimum atomic E-state index is -3.85. The number of aryl methyl sites for hydroxylation is 1. The van der Waals surface area contributed by atoms with Crippen LogP contribution < -0.4 is 5.32 Å². The maximum atomic E-state index is 11.4. The fraction of sp³-hybridized carbons (Fsp3) is 0.636. The topological polar surface area (TPSA) is 81.1 Å². The molecular formula is C11H18ClN3O3S. The minimum absolute atomic E-state index is 0.0430. The summed E-state index contributed by atoms with van der Waals surface area (Å²) in [6.07, 6.45) is 1.64. The number of rotatable bonds is 6. The van der Waals surface area contributed by atoms with Gasteiger partial charge in [0.2, 0.25) is 5.91 Å². The van der Waals surface area contributed by atoms with Crippen LogP contribution in [0.4, 0.5) is 0 Å². The minimum Gasteiger partial charge on any atom is -0.356 e. The van der Waals surface area contributed by atoms with E-state index in [0.29, 0.717) is 18.9 Å². The lowest BCUT2D eigenvalue weighted by atomic mass is 10.2. The van der Waals surface area contributed by atoms with E-state index in [2.05, 4.69) is 10.3 Å². The van der Waals surface area contributed by atoms with Gasteiger partial charge in [-0.15, -0.1) is 0 Å². The molecule has 108 valence electrons. The normalized spacial score (nSPS) is 11.8. The highest BCUT2D eigenvalue weighted by Crippen LogP contribution is 2.20. The van der Waals surface area contributed by atoms with E-state index in [9.17, 15) is 13.2 Å². The quantitative estimate of drug-likeness (QED) is 0.807. The van der Waals surface area contributed by atoms with Crippen molar-refractivity contribution in [2.75, 3.05) is 6.54 Å². The molecule has 0 aliphatic carbocycles. The second-order valence-corrected chi connectivity index (χ2v) is 6.94. The molecular weight excluding hydrogens is 290 g/mol. The standard InChI is InChI=1S/C11H18ClN3O3S/c1-4-13-9(16)5-6-15-7-10(19(12,17)18)14-11(15)8(2)3/h7-8H,4-6H2,1-3H3,(H,13,16). The number of nitrogens with one attached hydrogen (secondary N) is 1. The SMILES string of the molecule is CCNC(=O)CCn1cc(S(=O)(=O)Cl)nc1C(C)C. The lowest BCUT2D eigenvalue weighted by Gasteiger charge is -2.09. The molecule has 1 heterocycles. The van der Waals surface area contributed by atoms with Crippen LogP contribution in [0.1, 0.15) is 38.9 Å². The Labute approximate surface area is 117 Å². The molecule has 0 saturated carbocycles. The van der Waals surface area contributed by atoms with Crippen molar-refractivity contribution >= 4 is 25.6 Å². The number of carbonyl (C=O) groups is 1. The number of halogens is 1. The predicted octanol–water partition coefficient (Wildman–Crippen LogP) is 1.46. The van der Waals surface area contributed by atoms with E-state index in [1.54, 1.807) is 4.57 Å². The number of carbonyl (C=O) groups excluding carboxylic acids is 1. The molecule has 0 saturated heterocycles. The maximum absolute atomic E-state index is 11.4. The predicted molar refractivity (Wildman–Crippen MR) is 72.7 cm³/mol. The smallest absolute Gasteiger partial charge is 0.280 e.